The summed E-state index contributed by atoms with van der Waals surface area (Å²) in [7, 11) is 0. The Morgan fingerprint density at radius 2 is 2.15 bits per heavy atom. The molecule has 0 saturated heterocycles. The van der Waals surface area contributed by atoms with E-state index in [0.29, 0.717) is 21.3 Å². The summed E-state index contributed by atoms with van der Waals surface area (Å²) in [6, 6.07) is 6.96. The number of rotatable bonds is 4. The normalized spacial score (nSPS) is 10.3. The third-order valence-corrected chi connectivity index (χ3v) is 3.69. The summed E-state index contributed by atoms with van der Waals surface area (Å²) in [6.45, 7) is 1.44. The molecule has 1 N–H and O–H groups in total. The summed E-state index contributed by atoms with van der Waals surface area (Å²) in [5.74, 6) is 0.672. The number of nitro groups is 1. The summed E-state index contributed by atoms with van der Waals surface area (Å²) in [5.41, 5.74) is 0.957. The number of hydrogen-bond acceptors (Lipinski definition) is 5. The number of nitrogens with zero attached hydrogens (tertiary/aromatic N) is 2. The number of ether oxygens (including phenoxy) is 1. The van der Waals surface area contributed by atoms with Gasteiger partial charge in [-0.15, -0.1) is 0 Å². The van der Waals surface area contributed by atoms with E-state index >= 15 is 0 Å². The topological polar surface area (TPSA) is 85.5 Å². The van der Waals surface area contributed by atoms with E-state index < -0.39 is 4.92 Å². The van der Waals surface area contributed by atoms with E-state index in [2.05, 4.69) is 20.9 Å². The highest BCUT2D eigenvalue weighted by Gasteiger charge is 2.18. The summed E-state index contributed by atoms with van der Waals surface area (Å²) in [4.78, 5) is 14.3. The van der Waals surface area contributed by atoms with Gasteiger partial charge < -0.3 is 9.84 Å². The molecule has 0 amide bonds. The zero-order chi connectivity index (χ0) is 14.7. The number of pyridine rings is 1. The van der Waals surface area contributed by atoms with Gasteiger partial charge in [0, 0.05) is 11.1 Å². The van der Waals surface area contributed by atoms with E-state index in [1.54, 1.807) is 31.2 Å². The maximum absolute atomic E-state index is 10.8. The molecule has 0 spiro atoms. The molecule has 6 nitrogen and oxygen atoms in total. The molecular weight excluding hydrogens is 328 g/mol. The number of aliphatic hydroxyl groups is 1. The standard InChI is InChI=1S/C13H11BrN2O4/c1-8-10(16(18)19)6-15-13(12(8)14)20-11-5-3-2-4-9(11)7-17/h2-6,17H,7H2,1H3. The van der Waals surface area contributed by atoms with Crippen LogP contribution in [0.5, 0.6) is 11.6 Å². The molecule has 0 saturated carbocycles. The maximum atomic E-state index is 10.8. The molecule has 1 aromatic carbocycles. The van der Waals surface area contributed by atoms with Crippen molar-refractivity contribution >= 4 is 21.6 Å². The Bertz CT molecular complexity index is 661. The number of benzene rings is 1. The smallest absolute Gasteiger partial charge is 0.291 e. The van der Waals surface area contributed by atoms with Gasteiger partial charge in [0.25, 0.3) is 5.69 Å². The van der Waals surface area contributed by atoms with Crippen molar-refractivity contribution in [1.82, 2.24) is 4.98 Å². The van der Waals surface area contributed by atoms with E-state index in [1.165, 1.54) is 0 Å². The SMILES string of the molecule is Cc1c([N+](=O)[O-])cnc(Oc2ccccc2CO)c1Br. The van der Waals surface area contributed by atoms with Gasteiger partial charge in [-0.3, -0.25) is 10.1 Å². The van der Waals surface area contributed by atoms with Crippen LogP contribution >= 0.6 is 15.9 Å². The van der Waals surface area contributed by atoms with Crippen molar-refractivity contribution < 1.29 is 14.8 Å². The van der Waals surface area contributed by atoms with E-state index in [9.17, 15) is 15.2 Å². The van der Waals surface area contributed by atoms with Crippen LogP contribution in [-0.2, 0) is 6.61 Å². The lowest BCUT2D eigenvalue weighted by Gasteiger charge is -2.11. The number of para-hydroxylation sites is 1. The summed E-state index contributed by atoms with van der Waals surface area (Å²) in [6.07, 6.45) is 1.15. The van der Waals surface area contributed by atoms with Crippen LogP contribution in [0.15, 0.2) is 34.9 Å². The van der Waals surface area contributed by atoms with E-state index in [1.807, 2.05) is 0 Å². The Labute approximate surface area is 123 Å². The molecule has 0 radical (unpaired) electrons. The summed E-state index contributed by atoms with van der Waals surface area (Å²) < 4.78 is 6.02. The van der Waals surface area contributed by atoms with Crippen LogP contribution in [0.3, 0.4) is 0 Å². The molecule has 2 rings (SSSR count). The quantitative estimate of drug-likeness (QED) is 0.682. The van der Waals surface area contributed by atoms with Crippen molar-refractivity contribution in [3.05, 3.63) is 56.2 Å². The lowest BCUT2D eigenvalue weighted by Crippen LogP contribution is -1.98. The molecule has 20 heavy (non-hydrogen) atoms. The fourth-order valence-corrected chi connectivity index (χ4v) is 2.03. The average Bonchev–Trinajstić information content (AvgIpc) is 2.44. The Kier molecular flexibility index (Phi) is 4.31. The van der Waals surface area contributed by atoms with Gasteiger partial charge in [0.05, 0.1) is 16.0 Å². The fourth-order valence-electron chi connectivity index (χ4n) is 1.64. The first-order chi connectivity index (χ1) is 9.54. The molecule has 1 heterocycles. The molecule has 0 unspecified atom stereocenters. The molecule has 0 atom stereocenters. The van der Waals surface area contributed by atoms with E-state index in [4.69, 9.17) is 4.74 Å². The predicted molar refractivity (Wildman–Crippen MR) is 75.8 cm³/mol. The first-order valence-corrected chi connectivity index (χ1v) is 6.50. The maximum Gasteiger partial charge on any atom is 0.291 e. The van der Waals surface area contributed by atoms with Gasteiger partial charge in [0.2, 0.25) is 5.88 Å². The minimum atomic E-state index is -0.501. The highest BCUT2D eigenvalue weighted by Crippen LogP contribution is 2.35. The summed E-state index contributed by atoms with van der Waals surface area (Å²) in [5, 5.41) is 20.1. The fraction of sp³-hybridized carbons (Fsp3) is 0.154. The largest absolute Gasteiger partial charge is 0.437 e. The molecule has 0 aliphatic rings. The highest BCUT2D eigenvalue weighted by molar-refractivity contribution is 9.10. The lowest BCUT2D eigenvalue weighted by atomic mass is 10.2. The molecule has 7 heteroatoms. The molecule has 1 aromatic heterocycles. The second-order valence-corrected chi connectivity index (χ2v) is 4.81. The van der Waals surface area contributed by atoms with Crippen LogP contribution in [0.1, 0.15) is 11.1 Å². The highest BCUT2D eigenvalue weighted by atomic mass is 79.9. The van der Waals surface area contributed by atoms with Gasteiger partial charge in [0.15, 0.2) is 0 Å². The molecule has 0 fully saturated rings. The van der Waals surface area contributed by atoms with Crippen molar-refractivity contribution in [3.63, 3.8) is 0 Å². The van der Waals surface area contributed by atoms with Gasteiger partial charge in [-0.05, 0) is 28.9 Å². The first kappa shape index (κ1) is 14.4. The minimum absolute atomic E-state index is 0.0836. The first-order valence-electron chi connectivity index (χ1n) is 5.70. The molecule has 0 aliphatic heterocycles. The van der Waals surface area contributed by atoms with Crippen molar-refractivity contribution in [2.45, 2.75) is 13.5 Å². The summed E-state index contributed by atoms with van der Waals surface area (Å²) >= 11 is 3.25. The van der Waals surface area contributed by atoms with Gasteiger partial charge in [0.1, 0.15) is 11.9 Å². The number of aromatic nitrogens is 1. The van der Waals surface area contributed by atoms with Crippen molar-refractivity contribution in [3.8, 4) is 11.6 Å². The van der Waals surface area contributed by atoms with Crippen LogP contribution in [0.4, 0.5) is 5.69 Å². The van der Waals surface area contributed by atoms with Crippen LogP contribution in [0.25, 0.3) is 0 Å². The monoisotopic (exact) mass is 338 g/mol. The molecule has 104 valence electrons. The van der Waals surface area contributed by atoms with E-state index in [-0.39, 0.29) is 18.2 Å². The molecule has 2 aromatic rings. The van der Waals surface area contributed by atoms with Crippen LogP contribution in [0.2, 0.25) is 0 Å². The third kappa shape index (κ3) is 2.78. The van der Waals surface area contributed by atoms with Gasteiger partial charge >= 0.3 is 0 Å². The van der Waals surface area contributed by atoms with Crippen molar-refractivity contribution in [2.75, 3.05) is 0 Å². The minimum Gasteiger partial charge on any atom is -0.437 e. The third-order valence-electron chi connectivity index (χ3n) is 2.75. The van der Waals surface area contributed by atoms with Gasteiger partial charge in [-0.1, -0.05) is 18.2 Å². The Hall–Kier alpha value is -1.99. The zero-order valence-electron chi connectivity index (χ0n) is 10.5. The molecule has 0 bridgehead atoms. The van der Waals surface area contributed by atoms with Crippen LogP contribution in [0, 0.1) is 17.0 Å². The molecule has 0 aliphatic carbocycles. The predicted octanol–water partition coefficient (Wildman–Crippen LogP) is 3.35. The molecular formula is C13H11BrN2O4. The average molecular weight is 339 g/mol. The van der Waals surface area contributed by atoms with Crippen molar-refractivity contribution in [1.29, 1.82) is 0 Å². The Morgan fingerprint density at radius 3 is 2.80 bits per heavy atom. The second-order valence-electron chi connectivity index (χ2n) is 4.01. The van der Waals surface area contributed by atoms with Crippen LogP contribution in [-0.4, -0.2) is 15.0 Å². The second kappa shape index (κ2) is 5.98. The van der Waals surface area contributed by atoms with Gasteiger partial charge in [-0.2, -0.15) is 0 Å². The number of halogens is 1. The Morgan fingerprint density at radius 1 is 1.45 bits per heavy atom. The van der Waals surface area contributed by atoms with Crippen LogP contribution < -0.4 is 4.74 Å². The zero-order valence-corrected chi connectivity index (χ0v) is 12.1. The lowest BCUT2D eigenvalue weighted by molar-refractivity contribution is -0.385. The number of aliphatic hydroxyl groups excluding tert-OH is 1. The van der Waals surface area contributed by atoms with E-state index in [0.717, 1.165) is 6.20 Å². The number of hydrogen-bond donors (Lipinski definition) is 1. The Balaban J connectivity index is 2.40. The van der Waals surface area contributed by atoms with Gasteiger partial charge in [-0.25, -0.2) is 4.98 Å². The van der Waals surface area contributed by atoms with Crippen molar-refractivity contribution in [2.24, 2.45) is 0 Å².